The van der Waals surface area contributed by atoms with E-state index in [1.165, 1.54) is 6.07 Å². The Hall–Kier alpha value is -5.55. The van der Waals surface area contributed by atoms with E-state index in [1.54, 1.807) is 42.6 Å². The highest BCUT2D eigenvalue weighted by Gasteiger charge is 2.25. The van der Waals surface area contributed by atoms with Gasteiger partial charge >= 0.3 is 6.03 Å². The summed E-state index contributed by atoms with van der Waals surface area (Å²) in [5.74, 6) is -2.26. The highest BCUT2D eigenvalue weighted by molar-refractivity contribution is 6.32. The summed E-state index contributed by atoms with van der Waals surface area (Å²) < 4.78 is 26.9. The minimum absolute atomic E-state index is 0.0554. The van der Waals surface area contributed by atoms with E-state index in [4.69, 9.17) is 0 Å². The fraction of sp³-hybridized carbons (Fsp3) is 0.147. The molecular weight excluding hydrogens is 578 g/mol. The van der Waals surface area contributed by atoms with E-state index in [0.717, 1.165) is 49.7 Å². The van der Waals surface area contributed by atoms with Gasteiger partial charge in [-0.3, -0.25) is 9.59 Å². The highest BCUT2D eigenvalue weighted by Crippen LogP contribution is 2.33. The zero-order valence-corrected chi connectivity index (χ0v) is 24.4. The number of hydrogen-bond donors (Lipinski definition) is 4. The van der Waals surface area contributed by atoms with Gasteiger partial charge < -0.3 is 31.1 Å². The number of fused-ring (bicyclic) bond motifs is 1. The van der Waals surface area contributed by atoms with Crippen molar-refractivity contribution in [1.82, 2.24) is 4.90 Å². The molecule has 0 aliphatic carbocycles. The molecule has 6 rings (SSSR count). The molecule has 45 heavy (non-hydrogen) atoms. The molecule has 228 valence electrons. The predicted molar refractivity (Wildman–Crippen MR) is 172 cm³/mol. The van der Waals surface area contributed by atoms with Gasteiger partial charge in [0.05, 0.1) is 5.57 Å². The minimum Gasteiger partial charge on any atom is -0.369 e. The van der Waals surface area contributed by atoms with Crippen LogP contribution >= 0.6 is 0 Å². The number of rotatable bonds is 7. The van der Waals surface area contributed by atoms with E-state index in [0.29, 0.717) is 39.7 Å². The molecule has 0 unspecified atom stereocenters. The first kappa shape index (κ1) is 29.5. The molecule has 4 aromatic rings. The van der Waals surface area contributed by atoms with Gasteiger partial charge in [0, 0.05) is 83.6 Å². The Bertz CT molecular complexity index is 1800. The number of carbonyl (C=O) groups is 3. The molecule has 0 radical (unpaired) electrons. The molecule has 2 aliphatic rings. The van der Waals surface area contributed by atoms with Gasteiger partial charge in [0.1, 0.15) is 11.6 Å². The topological polar surface area (TPSA) is 106 Å². The second kappa shape index (κ2) is 12.6. The molecule has 2 heterocycles. The molecule has 0 saturated carbocycles. The Kier molecular flexibility index (Phi) is 8.26. The van der Waals surface area contributed by atoms with Gasteiger partial charge in [0.25, 0.3) is 5.91 Å². The quantitative estimate of drug-likeness (QED) is 0.152. The highest BCUT2D eigenvalue weighted by atomic mass is 19.1. The number of amides is 3. The van der Waals surface area contributed by atoms with Crippen LogP contribution in [0.4, 0.5) is 42.0 Å². The summed E-state index contributed by atoms with van der Waals surface area (Å²) in [6.45, 7) is 4.02. The number of anilines is 5. The van der Waals surface area contributed by atoms with Crippen LogP contribution < -0.4 is 26.2 Å². The zero-order valence-electron chi connectivity index (χ0n) is 24.4. The van der Waals surface area contributed by atoms with Crippen LogP contribution in [0, 0.1) is 11.6 Å². The third kappa shape index (κ3) is 6.84. The molecule has 11 heteroatoms. The Morgan fingerprint density at radius 2 is 1.47 bits per heavy atom. The smallest absolute Gasteiger partial charge is 0.323 e. The Balaban J connectivity index is 1.11. The molecule has 4 aromatic carbocycles. The number of nitrogens with zero attached hydrogens (tertiary/aromatic N) is 2. The number of likely N-dealkylation sites (N-methyl/N-ethyl adjacent to an activating group) is 1. The molecule has 4 N–H and O–H groups in total. The van der Waals surface area contributed by atoms with Crippen molar-refractivity contribution in [2.75, 3.05) is 59.4 Å². The second-order valence-corrected chi connectivity index (χ2v) is 10.9. The van der Waals surface area contributed by atoms with E-state index in [2.05, 4.69) is 50.2 Å². The van der Waals surface area contributed by atoms with Crippen molar-refractivity contribution in [3.8, 4) is 0 Å². The van der Waals surface area contributed by atoms with E-state index in [-0.39, 0.29) is 17.4 Å². The Labute approximate surface area is 258 Å². The maximum atomic E-state index is 13.4. The molecule has 0 bridgehead atoms. The number of halogens is 2. The number of ketones is 1. The van der Waals surface area contributed by atoms with Crippen molar-refractivity contribution in [1.29, 1.82) is 0 Å². The van der Waals surface area contributed by atoms with E-state index >= 15 is 0 Å². The first-order valence-electron chi connectivity index (χ1n) is 14.4. The van der Waals surface area contributed by atoms with Crippen molar-refractivity contribution in [2.24, 2.45) is 0 Å². The van der Waals surface area contributed by atoms with Gasteiger partial charge in [0.15, 0.2) is 5.78 Å². The van der Waals surface area contributed by atoms with Crippen molar-refractivity contribution in [3.05, 3.63) is 119 Å². The summed E-state index contributed by atoms with van der Waals surface area (Å²) in [5.41, 5.74) is 4.52. The maximum Gasteiger partial charge on any atom is 0.323 e. The summed E-state index contributed by atoms with van der Waals surface area (Å²) in [6, 6.07) is 21.3. The van der Waals surface area contributed by atoms with Crippen LogP contribution in [0.5, 0.6) is 0 Å². The van der Waals surface area contributed by atoms with Crippen LogP contribution in [0.15, 0.2) is 91.1 Å². The van der Waals surface area contributed by atoms with Gasteiger partial charge in [-0.2, -0.15) is 0 Å². The van der Waals surface area contributed by atoms with Crippen LogP contribution in [0.2, 0.25) is 0 Å². The maximum absolute atomic E-state index is 13.4. The predicted octanol–water partition coefficient (Wildman–Crippen LogP) is 6.00. The summed E-state index contributed by atoms with van der Waals surface area (Å²) in [7, 11) is 2.13. The van der Waals surface area contributed by atoms with Crippen molar-refractivity contribution < 1.29 is 23.2 Å². The van der Waals surface area contributed by atoms with E-state index in [9.17, 15) is 23.2 Å². The van der Waals surface area contributed by atoms with Gasteiger partial charge in [-0.05, 0) is 61.6 Å². The number of hydrogen-bond acceptors (Lipinski definition) is 6. The van der Waals surface area contributed by atoms with E-state index < -0.39 is 17.7 Å². The lowest BCUT2D eigenvalue weighted by Crippen LogP contribution is -2.44. The molecule has 0 spiro atoms. The van der Waals surface area contributed by atoms with Crippen molar-refractivity contribution in [3.63, 3.8) is 0 Å². The van der Waals surface area contributed by atoms with Gasteiger partial charge in [0.2, 0.25) is 0 Å². The molecule has 0 aromatic heterocycles. The van der Waals surface area contributed by atoms with E-state index in [1.807, 2.05) is 12.1 Å². The fourth-order valence-electron chi connectivity index (χ4n) is 5.29. The summed E-state index contributed by atoms with van der Waals surface area (Å²) in [5, 5.41) is 10.9. The third-order valence-electron chi connectivity index (χ3n) is 7.69. The monoisotopic (exact) mass is 608 g/mol. The van der Waals surface area contributed by atoms with Crippen LogP contribution in [0.1, 0.15) is 21.5 Å². The van der Waals surface area contributed by atoms with Crippen molar-refractivity contribution in [2.45, 2.75) is 0 Å². The Morgan fingerprint density at radius 3 is 2.20 bits per heavy atom. The fourth-order valence-corrected chi connectivity index (χ4v) is 5.29. The first-order chi connectivity index (χ1) is 21.7. The standard InChI is InChI=1S/C34H30F2N6O3/c1-41-11-13-42(14-12-41)28-8-6-25(7-9-28)37-20-30-29-10-5-22(16-31(29)40-33(30)44)32(43)21-3-2-4-26(15-21)38-34(45)39-27-18-23(35)17-24(36)19-27/h2-10,15-20,37H,11-14H2,1H3,(H,40,44)(H2,38,39,45). The third-order valence-corrected chi connectivity index (χ3v) is 7.69. The molecule has 3 amide bonds. The molecule has 9 nitrogen and oxygen atoms in total. The molecule has 1 saturated heterocycles. The lowest BCUT2D eigenvalue weighted by molar-refractivity contribution is -0.110. The van der Waals surface area contributed by atoms with Gasteiger partial charge in [-0.15, -0.1) is 0 Å². The van der Waals surface area contributed by atoms with Gasteiger partial charge in [-0.1, -0.05) is 24.3 Å². The molecular formula is C34H30F2N6O3. The normalized spacial score (nSPS) is 15.4. The van der Waals surface area contributed by atoms with Crippen molar-refractivity contribution >= 4 is 51.7 Å². The van der Waals surface area contributed by atoms with Crippen LogP contribution in [0.25, 0.3) is 5.57 Å². The van der Waals surface area contributed by atoms with Crippen LogP contribution in [-0.4, -0.2) is 55.8 Å². The second-order valence-electron chi connectivity index (χ2n) is 10.9. The lowest BCUT2D eigenvalue weighted by atomic mass is 9.99. The zero-order chi connectivity index (χ0) is 31.5. The number of benzene rings is 4. The lowest BCUT2D eigenvalue weighted by Gasteiger charge is -2.34. The average Bonchev–Trinajstić information content (AvgIpc) is 3.33. The number of piperazine rings is 1. The molecule has 2 aliphatic heterocycles. The Morgan fingerprint density at radius 1 is 0.778 bits per heavy atom. The summed E-state index contributed by atoms with van der Waals surface area (Å²) in [4.78, 5) is 43.2. The van der Waals surface area contributed by atoms with Crippen LogP contribution in [0.3, 0.4) is 0 Å². The molecule has 1 fully saturated rings. The average molecular weight is 609 g/mol. The number of nitrogens with one attached hydrogen (secondary N) is 4. The SMILES string of the molecule is CN1CCN(c2ccc(NC=C3C(=O)Nc4cc(C(=O)c5cccc(NC(=O)Nc6cc(F)cc(F)c6)c5)ccc43)cc2)CC1. The van der Waals surface area contributed by atoms with Gasteiger partial charge in [-0.25, -0.2) is 13.6 Å². The summed E-state index contributed by atoms with van der Waals surface area (Å²) >= 11 is 0. The largest absolute Gasteiger partial charge is 0.369 e. The minimum atomic E-state index is -0.825. The number of urea groups is 1. The molecule has 0 atom stereocenters. The number of carbonyl (C=O) groups excluding carboxylic acids is 3. The first-order valence-corrected chi connectivity index (χ1v) is 14.4. The van der Waals surface area contributed by atoms with Crippen LogP contribution in [-0.2, 0) is 4.79 Å². The summed E-state index contributed by atoms with van der Waals surface area (Å²) in [6.07, 6.45) is 1.66.